The standard InChI is InChI=1S/C18H19N3O2S/c1-4-14(18(22)23)21-16-15-13(12-7-5-10(2)6-8-12)9-24-17(15)20-11(3)19-16/h5-9,14H,4H2,1-3H3,(H,22,23)(H,19,20,21). The first-order valence-corrected chi connectivity index (χ1v) is 8.69. The smallest absolute Gasteiger partial charge is 0.326 e. The van der Waals surface area contributed by atoms with Gasteiger partial charge in [0, 0.05) is 10.9 Å². The van der Waals surface area contributed by atoms with Crippen molar-refractivity contribution in [1.82, 2.24) is 9.97 Å². The third-order valence-electron chi connectivity index (χ3n) is 3.93. The quantitative estimate of drug-likeness (QED) is 0.725. The molecule has 1 aromatic carbocycles. The number of nitrogens with one attached hydrogen (secondary N) is 1. The molecule has 0 saturated heterocycles. The van der Waals surface area contributed by atoms with Gasteiger partial charge in [0.1, 0.15) is 22.5 Å². The summed E-state index contributed by atoms with van der Waals surface area (Å²) in [5, 5.41) is 15.4. The molecule has 0 saturated carbocycles. The van der Waals surface area contributed by atoms with Crippen LogP contribution in [0, 0.1) is 13.8 Å². The zero-order valence-electron chi connectivity index (χ0n) is 13.8. The lowest BCUT2D eigenvalue weighted by atomic mass is 10.0. The van der Waals surface area contributed by atoms with Crippen LogP contribution in [0.15, 0.2) is 29.6 Å². The minimum absolute atomic E-state index is 0.476. The van der Waals surface area contributed by atoms with Gasteiger partial charge in [-0.2, -0.15) is 0 Å². The van der Waals surface area contributed by atoms with Crippen LogP contribution in [0.5, 0.6) is 0 Å². The molecular formula is C18H19N3O2S. The third kappa shape index (κ3) is 3.10. The molecule has 0 fully saturated rings. The highest BCUT2D eigenvalue weighted by atomic mass is 32.1. The van der Waals surface area contributed by atoms with Crippen molar-refractivity contribution in [2.45, 2.75) is 33.2 Å². The lowest BCUT2D eigenvalue weighted by molar-refractivity contribution is -0.137. The number of anilines is 1. The third-order valence-corrected chi connectivity index (χ3v) is 4.80. The van der Waals surface area contributed by atoms with Crippen LogP contribution < -0.4 is 5.32 Å². The Balaban J connectivity index is 2.15. The van der Waals surface area contributed by atoms with Crippen molar-refractivity contribution in [2.24, 2.45) is 0 Å². The number of hydrogen-bond donors (Lipinski definition) is 2. The van der Waals surface area contributed by atoms with Crippen molar-refractivity contribution in [3.63, 3.8) is 0 Å². The molecule has 1 atom stereocenters. The van der Waals surface area contributed by atoms with Gasteiger partial charge in [0.05, 0.1) is 5.39 Å². The second-order valence-corrected chi connectivity index (χ2v) is 6.62. The van der Waals surface area contributed by atoms with E-state index < -0.39 is 12.0 Å². The summed E-state index contributed by atoms with van der Waals surface area (Å²) in [5.41, 5.74) is 3.30. The molecule has 0 spiro atoms. The normalized spacial score (nSPS) is 12.3. The maximum Gasteiger partial charge on any atom is 0.326 e. The van der Waals surface area contributed by atoms with E-state index in [9.17, 15) is 9.90 Å². The second-order valence-electron chi connectivity index (χ2n) is 5.76. The van der Waals surface area contributed by atoms with Crippen LogP contribution >= 0.6 is 11.3 Å². The SMILES string of the molecule is CCC(Nc1nc(C)nc2scc(-c3ccc(C)cc3)c12)C(=O)O. The summed E-state index contributed by atoms with van der Waals surface area (Å²) in [6.07, 6.45) is 0.476. The van der Waals surface area contributed by atoms with E-state index in [0.29, 0.717) is 18.1 Å². The van der Waals surface area contributed by atoms with Crippen molar-refractivity contribution in [2.75, 3.05) is 5.32 Å². The zero-order chi connectivity index (χ0) is 17.3. The molecule has 0 aliphatic carbocycles. The number of aliphatic carboxylic acids is 1. The summed E-state index contributed by atoms with van der Waals surface area (Å²) < 4.78 is 0. The summed E-state index contributed by atoms with van der Waals surface area (Å²) in [6.45, 7) is 5.71. The maximum absolute atomic E-state index is 11.4. The predicted molar refractivity (Wildman–Crippen MR) is 97.7 cm³/mol. The van der Waals surface area contributed by atoms with Gasteiger partial charge in [0.25, 0.3) is 0 Å². The van der Waals surface area contributed by atoms with Gasteiger partial charge in [-0.15, -0.1) is 11.3 Å². The fraction of sp³-hybridized carbons (Fsp3) is 0.278. The van der Waals surface area contributed by atoms with E-state index in [2.05, 4.69) is 44.9 Å². The molecule has 2 N–H and O–H groups in total. The number of thiophene rings is 1. The number of carboxylic acids is 1. The number of aromatic nitrogens is 2. The van der Waals surface area contributed by atoms with Crippen molar-refractivity contribution in [1.29, 1.82) is 0 Å². The summed E-state index contributed by atoms with van der Waals surface area (Å²) in [6, 6.07) is 7.58. The highest BCUT2D eigenvalue weighted by Gasteiger charge is 2.20. The Morgan fingerprint density at radius 1 is 1.25 bits per heavy atom. The van der Waals surface area contributed by atoms with Crippen LogP contribution in [0.1, 0.15) is 24.7 Å². The molecule has 2 heterocycles. The van der Waals surface area contributed by atoms with E-state index in [1.165, 1.54) is 5.56 Å². The number of rotatable bonds is 5. The molecule has 124 valence electrons. The lowest BCUT2D eigenvalue weighted by Gasteiger charge is -2.15. The van der Waals surface area contributed by atoms with Gasteiger partial charge in [-0.25, -0.2) is 14.8 Å². The number of fused-ring (bicyclic) bond motifs is 1. The Bertz CT molecular complexity index is 887. The van der Waals surface area contributed by atoms with E-state index in [1.54, 1.807) is 11.3 Å². The topological polar surface area (TPSA) is 75.1 Å². The van der Waals surface area contributed by atoms with E-state index in [0.717, 1.165) is 21.3 Å². The number of carboxylic acid groups (broad SMARTS) is 1. The summed E-state index contributed by atoms with van der Waals surface area (Å²) >= 11 is 1.55. The Morgan fingerprint density at radius 3 is 2.58 bits per heavy atom. The summed E-state index contributed by atoms with van der Waals surface area (Å²) in [4.78, 5) is 21.2. The molecule has 2 aromatic heterocycles. The van der Waals surface area contributed by atoms with E-state index in [1.807, 2.05) is 20.8 Å². The minimum Gasteiger partial charge on any atom is -0.480 e. The number of carbonyl (C=O) groups is 1. The molecule has 3 aromatic rings. The fourth-order valence-corrected chi connectivity index (χ4v) is 3.59. The first-order valence-electron chi connectivity index (χ1n) is 7.81. The molecule has 3 rings (SSSR count). The molecule has 0 aliphatic rings. The minimum atomic E-state index is -0.881. The van der Waals surface area contributed by atoms with Gasteiger partial charge < -0.3 is 10.4 Å². The van der Waals surface area contributed by atoms with Crippen LogP contribution in [-0.4, -0.2) is 27.1 Å². The Morgan fingerprint density at radius 2 is 1.96 bits per heavy atom. The Hall–Kier alpha value is -2.47. The van der Waals surface area contributed by atoms with Crippen LogP contribution in [0.4, 0.5) is 5.82 Å². The predicted octanol–water partition coefficient (Wildman–Crippen LogP) is 4.25. The van der Waals surface area contributed by atoms with Gasteiger partial charge in [0.2, 0.25) is 0 Å². The lowest BCUT2D eigenvalue weighted by Crippen LogP contribution is -2.29. The molecule has 0 amide bonds. The van der Waals surface area contributed by atoms with E-state index in [-0.39, 0.29) is 0 Å². The fourth-order valence-electron chi connectivity index (χ4n) is 2.60. The van der Waals surface area contributed by atoms with E-state index >= 15 is 0 Å². The van der Waals surface area contributed by atoms with E-state index in [4.69, 9.17) is 0 Å². The average molecular weight is 341 g/mol. The molecule has 24 heavy (non-hydrogen) atoms. The highest BCUT2D eigenvalue weighted by Crippen LogP contribution is 2.37. The van der Waals surface area contributed by atoms with Gasteiger partial charge in [-0.05, 0) is 25.8 Å². The highest BCUT2D eigenvalue weighted by molar-refractivity contribution is 7.17. The first kappa shape index (κ1) is 16.4. The Labute approximate surface area is 144 Å². The number of benzene rings is 1. The van der Waals surface area contributed by atoms with Crippen LogP contribution in [-0.2, 0) is 4.79 Å². The summed E-state index contributed by atoms with van der Waals surface area (Å²) in [5.74, 6) is 0.333. The first-order chi connectivity index (χ1) is 11.5. The molecule has 1 unspecified atom stereocenters. The Kier molecular flexibility index (Phi) is 4.49. The number of nitrogens with zero attached hydrogens (tertiary/aromatic N) is 2. The van der Waals surface area contributed by atoms with Crippen LogP contribution in [0.25, 0.3) is 21.3 Å². The van der Waals surface area contributed by atoms with Crippen molar-refractivity contribution in [3.05, 3.63) is 41.0 Å². The maximum atomic E-state index is 11.4. The molecule has 0 radical (unpaired) electrons. The molecule has 5 nitrogen and oxygen atoms in total. The number of aryl methyl sites for hydroxylation is 2. The zero-order valence-corrected chi connectivity index (χ0v) is 14.6. The monoisotopic (exact) mass is 341 g/mol. The number of hydrogen-bond acceptors (Lipinski definition) is 5. The van der Waals surface area contributed by atoms with Crippen LogP contribution in [0.2, 0.25) is 0 Å². The van der Waals surface area contributed by atoms with Crippen molar-refractivity contribution >= 4 is 33.3 Å². The largest absolute Gasteiger partial charge is 0.480 e. The van der Waals surface area contributed by atoms with Gasteiger partial charge in [-0.1, -0.05) is 36.8 Å². The average Bonchev–Trinajstić information content (AvgIpc) is 2.96. The van der Waals surface area contributed by atoms with Crippen molar-refractivity contribution < 1.29 is 9.90 Å². The molecule has 6 heteroatoms. The molecule has 0 bridgehead atoms. The molecule has 0 aliphatic heterocycles. The van der Waals surface area contributed by atoms with Gasteiger partial charge in [0.15, 0.2) is 0 Å². The second kappa shape index (κ2) is 6.57. The van der Waals surface area contributed by atoms with Crippen LogP contribution in [0.3, 0.4) is 0 Å². The molecular weight excluding hydrogens is 322 g/mol. The van der Waals surface area contributed by atoms with Crippen molar-refractivity contribution in [3.8, 4) is 11.1 Å². The summed E-state index contributed by atoms with van der Waals surface area (Å²) in [7, 11) is 0. The van der Waals surface area contributed by atoms with Gasteiger partial charge >= 0.3 is 5.97 Å². The van der Waals surface area contributed by atoms with Gasteiger partial charge in [-0.3, -0.25) is 0 Å².